The van der Waals surface area contributed by atoms with Crippen molar-refractivity contribution in [2.45, 2.75) is 25.8 Å². The van der Waals surface area contributed by atoms with Gasteiger partial charge in [-0.2, -0.15) is 0 Å². The smallest absolute Gasteiger partial charge is 0.258 e. The first-order valence-electron chi connectivity index (χ1n) is 9.92. The minimum atomic E-state index is -0.842. The summed E-state index contributed by atoms with van der Waals surface area (Å²) in [6, 6.07) is 14.2. The monoisotopic (exact) mass is 375 g/mol. The maximum Gasteiger partial charge on any atom is 0.258 e. The van der Waals surface area contributed by atoms with Gasteiger partial charge in [0.25, 0.3) is 5.91 Å². The SMILES string of the molecule is COc1ccc2[nH]c3c(c2c1)CCNC31C(=O)N(CC(C)C)c2ccccc21. The number of nitrogens with one attached hydrogen (secondary N) is 2. The molecule has 144 valence electrons. The first kappa shape index (κ1) is 17.3. The van der Waals surface area contributed by atoms with E-state index >= 15 is 0 Å². The second kappa shape index (κ2) is 6.11. The molecule has 1 amide bonds. The molecule has 0 bridgehead atoms. The molecule has 2 aliphatic heterocycles. The van der Waals surface area contributed by atoms with Crippen LogP contribution in [0.25, 0.3) is 10.9 Å². The average molecular weight is 375 g/mol. The van der Waals surface area contributed by atoms with Crippen molar-refractivity contribution in [1.29, 1.82) is 0 Å². The van der Waals surface area contributed by atoms with Crippen molar-refractivity contribution in [2.24, 2.45) is 5.92 Å². The Labute approximate surface area is 164 Å². The Bertz CT molecular complexity index is 1080. The number of hydrogen-bond acceptors (Lipinski definition) is 3. The lowest BCUT2D eigenvalue weighted by molar-refractivity contribution is -0.123. The molecule has 1 unspecified atom stereocenters. The van der Waals surface area contributed by atoms with Gasteiger partial charge in [-0.15, -0.1) is 0 Å². The molecule has 1 spiro atoms. The Balaban J connectivity index is 1.77. The zero-order valence-electron chi connectivity index (χ0n) is 16.5. The summed E-state index contributed by atoms with van der Waals surface area (Å²) < 4.78 is 5.43. The lowest BCUT2D eigenvalue weighted by Gasteiger charge is -2.34. The van der Waals surface area contributed by atoms with E-state index < -0.39 is 5.54 Å². The molecule has 3 heterocycles. The molecular weight excluding hydrogens is 350 g/mol. The number of ether oxygens (including phenoxy) is 1. The summed E-state index contributed by atoms with van der Waals surface area (Å²) in [5.74, 6) is 1.34. The Morgan fingerprint density at radius 1 is 1.21 bits per heavy atom. The Morgan fingerprint density at radius 2 is 2.04 bits per heavy atom. The fraction of sp³-hybridized carbons (Fsp3) is 0.348. The number of amides is 1. The van der Waals surface area contributed by atoms with E-state index in [4.69, 9.17) is 4.74 Å². The first-order chi connectivity index (χ1) is 13.6. The van der Waals surface area contributed by atoms with Gasteiger partial charge in [0, 0.05) is 35.2 Å². The second-order valence-electron chi connectivity index (χ2n) is 8.14. The van der Waals surface area contributed by atoms with Gasteiger partial charge in [0.1, 0.15) is 5.75 Å². The van der Waals surface area contributed by atoms with E-state index in [1.165, 1.54) is 5.56 Å². The Morgan fingerprint density at radius 3 is 2.82 bits per heavy atom. The van der Waals surface area contributed by atoms with E-state index in [9.17, 15) is 4.79 Å². The van der Waals surface area contributed by atoms with Crippen LogP contribution in [0.15, 0.2) is 42.5 Å². The third-order valence-electron chi connectivity index (χ3n) is 5.97. The summed E-state index contributed by atoms with van der Waals surface area (Å²) in [6.45, 7) is 5.76. The van der Waals surface area contributed by atoms with Crippen molar-refractivity contribution in [1.82, 2.24) is 10.3 Å². The van der Waals surface area contributed by atoms with Crippen LogP contribution >= 0.6 is 0 Å². The number of carbonyl (C=O) groups is 1. The van der Waals surface area contributed by atoms with Gasteiger partial charge in [-0.25, -0.2) is 0 Å². The Kier molecular flexibility index (Phi) is 3.78. The van der Waals surface area contributed by atoms with Gasteiger partial charge in [0.2, 0.25) is 0 Å². The number of methoxy groups -OCH3 is 1. The second-order valence-corrected chi connectivity index (χ2v) is 8.14. The van der Waals surface area contributed by atoms with Gasteiger partial charge in [0.05, 0.1) is 12.8 Å². The van der Waals surface area contributed by atoms with E-state index in [1.54, 1.807) is 7.11 Å². The molecule has 2 N–H and O–H groups in total. The molecule has 5 heteroatoms. The number of rotatable bonds is 3. The minimum absolute atomic E-state index is 0.113. The molecule has 0 radical (unpaired) electrons. The summed E-state index contributed by atoms with van der Waals surface area (Å²) in [4.78, 5) is 19.4. The third-order valence-corrected chi connectivity index (χ3v) is 5.97. The van der Waals surface area contributed by atoms with Crippen molar-refractivity contribution in [3.63, 3.8) is 0 Å². The molecule has 1 atom stereocenters. The third kappa shape index (κ3) is 2.20. The van der Waals surface area contributed by atoms with Crippen LogP contribution in [0.1, 0.15) is 30.7 Å². The van der Waals surface area contributed by atoms with Crippen LogP contribution < -0.4 is 15.0 Å². The van der Waals surface area contributed by atoms with Gasteiger partial charge in [-0.3, -0.25) is 10.1 Å². The normalized spacial score (nSPS) is 20.9. The highest BCUT2D eigenvalue weighted by atomic mass is 16.5. The zero-order valence-corrected chi connectivity index (χ0v) is 16.5. The molecule has 28 heavy (non-hydrogen) atoms. The van der Waals surface area contributed by atoms with Crippen LogP contribution in [-0.4, -0.2) is 31.1 Å². The highest BCUT2D eigenvalue weighted by molar-refractivity contribution is 6.11. The van der Waals surface area contributed by atoms with Gasteiger partial charge < -0.3 is 14.6 Å². The number of benzene rings is 2. The number of para-hydroxylation sites is 1. The van der Waals surface area contributed by atoms with Crippen LogP contribution in [-0.2, 0) is 16.8 Å². The van der Waals surface area contributed by atoms with Crippen molar-refractivity contribution in [3.8, 4) is 5.75 Å². The lowest BCUT2D eigenvalue weighted by atomic mass is 9.82. The van der Waals surface area contributed by atoms with Crippen molar-refractivity contribution in [3.05, 3.63) is 59.3 Å². The molecule has 2 aromatic carbocycles. The van der Waals surface area contributed by atoms with Crippen LogP contribution in [0.3, 0.4) is 0 Å². The number of nitrogens with zero attached hydrogens (tertiary/aromatic N) is 1. The van der Waals surface area contributed by atoms with E-state index in [0.717, 1.165) is 46.6 Å². The topological polar surface area (TPSA) is 57.4 Å². The number of fused-ring (bicyclic) bond motifs is 6. The van der Waals surface area contributed by atoms with E-state index in [0.29, 0.717) is 12.5 Å². The number of anilines is 1. The summed E-state index contributed by atoms with van der Waals surface area (Å²) in [6.07, 6.45) is 0.879. The predicted molar refractivity (Wildman–Crippen MR) is 111 cm³/mol. The number of aromatic amines is 1. The van der Waals surface area contributed by atoms with E-state index in [2.05, 4.69) is 42.3 Å². The largest absolute Gasteiger partial charge is 0.497 e. The van der Waals surface area contributed by atoms with Gasteiger partial charge in [-0.05, 0) is 42.2 Å². The quantitative estimate of drug-likeness (QED) is 0.736. The van der Waals surface area contributed by atoms with Gasteiger partial charge >= 0.3 is 0 Å². The molecular formula is C23H25N3O2. The molecule has 2 aliphatic rings. The van der Waals surface area contributed by atoms with Crippen molar-refractivity contribution >= 4 is 22.5 Å². The summed E-state index contributed by atoms with van der Waals surface area (Å²) in [7, 11) is 1.68. The molecule has 5 rings (SSSR count). The standard InChI is InChI=1S/C23H25N3O2/c1-14(2)13-26-20-7-5-4-6-18(20)23(22(26)27)21-16(10-11-24-23)17-12-15(28-3)8-9-19(17)25-21/h4-9,12,14,24-25H,10-11,13H2,1-3H3. The number of carbonyl (C=O) groups excluding carboxylic acids is 1. The zero-order chi connectivity index (χ0) is 19.5. The maximum atomic E-state index is 13.9. The molecule has 3 aromatic rings. The molecule has 0 fully saturated rings. The molecule has 1 aromatic heterocycles. The van der Waals surface area contributed by atoms with E-state index in [1.807, 2.05) is 29.2 Å². The summed E-state index contributed by atoms with van der Waals surface area (Å²) in [5.41, 5.74) is 4.44. The molecule has 0 aliphatic carbocycles. The lowest BCUT2D eigenvalue weighted by Crippen LogP contribution is -2.55. The van der Waals surface area contributed by atoms with Crippen LogP contribution in [0.4, 0.5) is 5.69 Å². The summed E-state index contributed by atoms with van der Waals surface area (Å²) in [5, 5.41) is 4.74. The average Bonchev–Trinajstić information content (AvgIpc) is 3.18. The highest BCUT2D eigenvalue weighted by Gasteiger charge is 2.55. The Hall–Kier alpha value is -2.79. The highest BCUT2D eigenvalue weighted by Crippen LogP contribution is 2.48. The van der Waals surface area contributed by atoms with Gasteiger partial charge in [0.15, 0.2) is 5.54 Å². The van der Waals surface area contributed by atoms with Crippen LogP contribution in [0.2, 0.25) is 0 Å². The summed E-state index contributed by atoms with van der Waals surface area (Å²) >= 11 is 0. The van der Waals surface area contributed by atoms with Crippen LogP contribution in [0.5, 0.6) is 5.75 Å². The van der Waals surface area contributed by atoms with Gasteiger partial charge in [-0.1, -0.05) is 32.0 Å². The van der Waals surface area contributed by atoms with Crippen molar-refractivity contribution < 1.29 is 9.53 Å². The fourth-order valence-corrected chi connectivity index (χ4v) is 4.81. The first-order valence-corrected chi connectivity index (χ1v) is 9.92. The minimum Gasteiger partial charge on any atom is -0.497 e. The number of H-pyrrole nitrogens is 1. The fourth-order valence-electron chi connectivity index (χ4n) is 4.81. The van der Waals surface area contributed by atoms with Crippen LogP contribution in [0, 0.1) is 5.92 Å². The predicted octanol–water partition coefficient (Wildman–Crippen LogP) is 3.57. The number of hydrogen-bond donors (Lipinski definition) is 2. The number of aromatic nitrogens is 1. The van der Waals surface area contributed by atoms with E-state index in [-0.39, 0.29) is 5.91 Å². The van der Waals surface area contributed by atoms with Crippen molar-refractivity contribution in [2.75, 3.05) is 25.1 Å². The molecule has 0 saturated heterocycles. The maximum absolute atomic E-state index is 13.9. The molecule has 5 nitrogen and oxygen atoms in total. The molecule has 0 saturated carbocycles.